The first-order valence-electron chi connectivity index (χ1n) is 4.88. The lowest BCUT2D eigenvalue weighted by molar-refractivity contribution is -0.384. The predicted octanol–water partition coefficient (Wildman–Crippen LogP) is 2.99. The van der Waals surface area contributed by atoms with Crippen molar-refractivity contribution in [1.82, 2.24) is 4.90 Å². The van der Waals surface area contributed by atoms with Gasteiger partial charge < -0.3 is 4.90 Å². The van der Waals surface area contributed by atoms with Gasteiger partial charge in [0.1, 0.15) is 6.54 Å². The van der Waals surface area contributed by atoms with Gasteiger partial charge in [0.15, 0.2) is 0 Å². The second-order valence-corrected chi connectivity index (χ2v) is 4.55. The maximum Gasteiger partial charge on any atom is 0.406 e. The highest BCUT2D eigenvalue weighted by atomic mass is 79.9. The van der Waals surface area contributed by atoms with Gasteiger partial charge >= 0.3 is 6.18 Å². The number of carbonyl (C=O) groups excluding carboxylic acids is 1. The molecule has 104 valence electrons. The summed E-state index contributed by atoms with van der Waals surface area (Å²) < 4.78 is 36.7. The fourth-order valence-electron chi connectivity index (χ4n) is 1.34. The van der Waals surface area contributed by atoms with Crippen molar-refractivity contribution in [1.29, 1.82) is 0 Å². The van der Waals surface area contributed by atoms with Crippen molar-refractivity contribution in [3.8, 4) is 0 Å². The molecule has 19 heavy (non-hydrogen) atoms. The average Bonchev–Trinajstić information content (AvgIpc) is 2.26. The maximum absolute atomic E-state index is 12.2. The van der Waals surface area contributed by atoms with Crippen LogP contribution in [-0.2, 0) is 0 Å². The highest BCUT2D eigenvalue weighted by Gasteiger charge is 2.32. The second-order valence-electron chi connectivity index (χ2n) is 3.70. The third kappa shape index (κ3) is 4.19. The standard InChI is InChI=1S/C10H8BrF3N2O3/c1-15(5-10(12,13)14)9(17)7-4-6(16(18)19)2-3-8(7)11/h2-4H,5H2,1H3. The largest absolute Gasteiger partial charge is 0.406 e. The minimum Gasteiger partial charge on any atom is -0.333 e. The molecule has 1 aromatic carbocycles. The highest BCUT2D eigenvalue weighted by molar-refractivity contribution is 9.10. The molecule has 0 aliphatic rings. The SMILES string of the molecule is CN(CC(F)(F)F)C(=O)c1cc([N+](=O)[O-])ccc1Br. The minimum atomic E-state index is -4.53. The van der Waals surface area contributed by atoms with Gasteiger partial charge in [-0.15, -0.1) is 0 Å². The number of benzene rings is 1. The van der Waals surface area contributed by atoms with Crippen LogP contribution >= 0.6 is 15.9 Å². The third-order valence-electron chi connectivity index (χ3n) is 2.15. The Morgan fingerprint density at radius 1 is 1.47 bits per heavy atom. The zero-order chi connectivity index (χ0) is 14.8. The summed E-state index contributed by atoms with van der Waals surface area (Å²) in [5.41, 5.74) is -0.562. The second kappa shape index (κ2) is 5.55. The van der Waals surface area contributed by atoms with Crippen LogP contribution < -0.4 is 0 Å². The van der Waals surface area contributed by atoms with Gasteiger partial charge in [-0.1, -0.05) is 0 Å². The molecule has 1 aromatic rings. The quantitative estimate of drug-likeness (QED) is 0.627. The van der Waals surface area contributed by atoms with Crippen molar-refractivity contribution in [2.24, 2.45) is 0 Å². The van der Waals surface area contributed by atoms with Gasteiger partial charge in [0.05, 0.1) is 10.5 Å². The molecular weight excluding hydrogens is 333 g/mol. The molecule has 0 saturated heterocycles. The van der Waals surface area contributed by atoms with Crippen LogP contribution in [0.3, 0.4) is 0 Å². The van der Waals surface area contributed by atoms with E-state index in [0.717, 1.165) is 19.2 Å². The number of non-ortho nitro benzene ring substituents is 1. The zero-order valence-electron chi connectivity index (χ0n) is 9.57. The zero-order valence-corrected chi connectivity index (χ0v) is 11.2. The highest BCUT2D eigenvalue weighted by Crippen LogP contribution is 2.25. The summed E-state index contributed by atoms with van der Waals surface area (Å²) in [6.07, 6.45) is -4.53. The lowest BCUT2D eigenvalue weighted by atomic mass is 10.2. The number of alkyl halides is 3. The number of hydrogen-bond donors (Lipinski definition) is 0. The van der Waals surface area contributed by atoms with Crippen molar-refractivity contribution in [2.45, 2.75) is 6.18 Å². The molecule has 0 spiro atoms. The Labute approximate surface area is 114 Å². The van der Waals surface area contributed by atoms with E-state index >= 15 is 0 Å². The number of rotatable bonds is 3. The molecule has 0 N–H and O–H groups in total. The minimum absolute atomic E-state index is 0.192. The van der Waals surface area contributed by atoms with E-state index < -0.39 is 23.6 Å². The van der Waals surface area contributed by atoms with Gasteiger partial charge in [0, 0.05) is 23.7 Å². The topological polar surface area (TPSA) is 63.5 Å². The number of carbonyl (C=O) groups is 1. The number of nitro groups is 1. The van der Waals surface area contributed by atoms with Crippen LogP contribution in [0.1, 0.15) is 10.4 Å². The van der Waals surface area contributed by atoms with Crippen LogP contribution in [-0.4, -0.2) is 35.5 Å². The molecule has 0 radical (unpaired) electrons. The average molecular weight is 341 g/mol. The number of hydrogen-bond acceptors (Lipinski definition) is 3. The van der Waals surface area contributed by atoms with Gasteiger partial charge in [-0.3, -0.25) is 14.9 Å². The van der Waals surface area contributed by atoms with Crippen LogP contribution in [0, 0.1) is 10.1 Å². The van der Waals surface area contributed by atoms with Crippen LogP contribution in [0.4, 0.5) is 18.9 Å². The van der Waals surface area contributed by atoms with E-state index in [2.05, 4.69) is 15.9 Å². The summed E-state index contributed by atoms with van der Waals surface area (Å²) in [4.78, 5) is 22.1. The van der Waals surface area contributed by atoms with E-state index in [4.69, 9.17) is 0 Å². The Morgan fingerprint density at radius 3 is 2.53 bits per heavy atom. The summed E-state index contributed by atoms with van der Waals surface area (Å²) in [6.45, 7) is -1.43. The molecule has 0 unspecified atom stereocenters. The lowest BCUT2D eigenvalue weighted by Crippen LogP contribution is -2.36. The molecule has 0 saturated carbocycles. The van der Waals surface area contributed by atoms with E-state index in [9.17, 15) is 28.1 Å². The Bertz CT molecular complexity index is 519. The van der Waals surface area contributed by atoms with Gasteiger partial charge in [-0.25, -0.2) is 0 Å². The Balaban J connectivity index is 3.05. The van der Waals surface area contributed by atoms with Crippen LogP contribution in [0.15, 0.2) is 22.7 Å². The lowest BCUT2D eigenvalue weighted by Gasteiger charge is -2.19. The van der Waals surface area contributed by atoms with E-state index in [-0.39, 0.29) is 15.7 Å². The van der Waals surface area contributed by atoms with Gasteiger partial charge in [-0.05, 0) is 22.0 Å². The van der Waals surface area contributed by atoms with Crippen molar-refractivity contribution in [3.05, 3.63) is 38.3 Å². The molecule has 1 amide bonds. The summed E-state index contributed by atoms with van der Waals surface area (Å²) in [7, 11) is 0.973. The monoisotopic (exact) mass is 340 g/mol. The molecule has 9 heteroatoms. The molecule has 5 nitrogen and oxygen atoms in total. The van der Waals surface area contributed by atoms with Crippen molar-refractivity contribution >= 4 is 27.5 Å². The molecule has 0 aliphatic carbocycles. The predicted molar refractivity (Wildman–Crippen MR) is 63.8 cm³/mol. The number of amides is 1. The van der Waals surface area contributed by atoms with Crippen molar-refractivity contribution in [3.63, 3.8) is 0 Å². The molecule has 0 fully saturated rings. The number of nitro benzene ring substituents is 1. The molecule has 0 aliphatic heterocycles. The Morgan fingerprint density at radius 2 is 2.05 bits per heavy atom. The molecule has 0 atom stereocenters. The molecule has 0 bridgehead atoms. The van der Waals surface area contributed by atoms with E-state index in [1.807, 2.05) is 0 Å². The van der Waals surface area contributed by atoms with Crippen LogP contribution in [0.5, 0.6) is 0 Å². The number of nitrogens with zero attached hydrogens (tertiary/aromatic N) is 2. The summed E-state index contributed by atoms with van der Waals surface area (Å²) in [5, 5.41) is 10.6. The normalized spacial score (nSPS) is 11.2. The van der Waals surface area contributed by atoms with Crippen molar-refractivity contribution in [2.75, 3.05) is 13.6 Å². The van der Waals surface area contributed by atoms with Gasteiger partial charge in [0.25, 0.3) is 11.6 Å². The first-order valence-corrected chi connectivity index (χ1v) is 5.67. The number of halogens is 4. The van der Waals surface area contributed by atoms with E-state index in [1.165, 1.54) is 6.07 Å². The maximum atomic E-state index is 12.2. The third-order valence-corrected chi connectivity index (χ3v) is 2.85. The van der Waals surface area contributed by atoms with Gasteiger partial charge in [-0.2, -0.15) is 13.2 Å². The molecule has 0 aromatic heterocycles. The summed E-state index contributed by atoms with van der Waals surface area (Å²) >= 11 is 2.98. The van der Waals surface area contributed by atoms with Crippen molar-refractivity contribution < 1.29 is 22.9 Å². The first kappa shape index (κ1) is 15.4. The van der Waals surface area contributed by atoms with Crippen LogP contribution in [0.25, 0.3) is 0 Å². The Kier molecular flexibility index (Phi) is 4.51. The van der Waals surface area contributed by atoms with Gasteiger partial charge in [0.2, 0.25) is 0 Å². The van der Waals surface area contributed by atoms with E-state index in [0.29, 0.717) is 4.90 Å². The Hall–Kier alpha value is -1.64. The van der Waals surface area contributed by atoms with E-state index in [1.54, 1.807) is 0 Å². The van der Waals surface area contributed by atoms with Crippen LogP contribution in [0.2, 0.25) is 0 Å². The molecule has 0 heterocycles. The molecule has 1 rings (SSSR count). The fourth-order valence-corrected chi connectivity index (χ4v) is 1.75. The smallest absolute Gasteiger partial charge is 0.333 e. The molecular formula is C10H8BrF3N2O3. The fraction of sp³-hybridized carbons (Fsp3) is 0.300. The first-order chi connectivity index (χ1) is 8.61. The summed E-state index contributed by atoms with van der Waals surface area (Å²) in [6, 6.07) is 3.32. The summed E-state index contributed by atoms with van der Waals surface area (Å²) in [5.74, 6) is -0.951.